The van der Waals surface area contributed by atoms with E-state index < -0.39 is 12.0 Å². The second kappa shape index (κ2) is 6.76. The van der Waals surface area contributed by atoms with Crippen LogP contribution < -0.4 is 5.32 Å². The van der Waals surface area contributed by atoms with Crippen LogP contribution in [0.2, 0.25) is 0 Å². The molecule has 0 aliphatic rings. The highest BCUT2D eigenvalue weighted by atomic mass is 16.4. The number of hydrogen-bond acceptors (Lipinski definition) is 4. The Bertz CT molecular complexity index is 613. The first-order valence-corrected chi connectivity index (χ1v) is 5.66. The second-order valence-electron chi connectivity index (χ2n) is 3.98. The normalized spacial score (nSPS) is 9.15. The Labute approximate surface area is 115 Å². The number of carbonyl (C=O) groups excluding carboxylic acids is 1. The van der Waals surface area contributed by atoms with Crippen molar-refractivity contribution < 1.29 is 14.7 Å². The Morgan fingerprint density at radius 2 is 1.95 bits per heavy atom. The van der Waals surface area contributed by atoms with Gasteiger partial charge in [0.2, 0.25) is 0 Å². The van der Waals surface area contributed by atoms with Crippen molar-refractivity contribution in [1.82, 2.24) is 4.90 Å². The van der Waals surface area contributed by atoms with Gasteiger partial charge in [0.1, 0.15) is 12.1 Å². The molecule has 0 unspecified atom stereocenters. The zero-order valence-electron chi connectivity index (χ0n) is 10.8. The molecule has 0 radical (unpaired) electrons. The summed E-state index contributed by atoms with van der Waals surface area (Å²) in [6, 6.07) is 7.58. The summed E-state index contributed by atoms with van der Waals surface area (Å²) in [6.07, 6.45) is -0.152. The van der Waals surface area contributed by atoms with E-state index in [1.54, 1.807) is 0 Å². The van der Waals surface area contributed by atoms with Crippen molar-refractivity contribution in [1.29, 1.82) is 10.5 Å². The Morgan fingerprint density at radius 3 is 2.50 bits per heavy atom. The number of amides is 2. The van der Waals surface area contributed by atoms with Gasteiger partial charge in [-0.3, -0.25) is 4.79 Å². The van der Waals surface area contributed by atoms with Gasteiger partial charge in [-0.25, -0.2) is 4.79 Å². The summed E-state index contributed by atoms with van der Waals surface area (Å²) < 4.78 is 0. The summed E-state index contributed by atoms with van der Waals surface area (Å²) in [4.78, 5) is 23.4. The summed E-state index contributed by atoms with van der Waals surface area (Å²) in [5.74, 6) is -0.991. The van der Waals surface area contributed by atoms with E-state index in [2.05, 4.69) is 5.32 Å². The first-order chi connectivity index (χ1) is 9.47. The van der Waals surface area contributed by atoms with Gasteiger partial charge >= 0.3 is 12.0 Å². The molecular formula is C13H12N4O3. The minimum Gasteiger partial charge on any atom is -0.481 e. The zero-order chi connectivity index (χ0) is 15.1. The maximum atomic E-state index is 11.8. The molecule has 1 aromatic carbocycles. The molecule has 0 fully saturated rings. The van der Waals surface area contributed by atoms with Crippen molar-refractivity contribution in [3.05, 3.63) is 29.3 Å². The van der Waals surface area contributed by atoms with E-state index in [1.807, 2.05) is 12.1 Å². The number of rotatable bonds is 4. The van der Waals surface area contributed by atoms with Crippen LogP contribution in [0, 0.1) is 22.7 Å². The van der Waals surface area contributed by atoms with Gasteiger partial charge in [0.25, 0.3) is 0 Å². The van der Waals surface area contributed by atoms with E-state index >= 15 is 0 Å². The summed E-state index contributed by atoms with van der Waals surface area (Å²) >= 11 is 0. The summed E-state index contributed by atoms with van der Waals surface area (Å²) in [5.41, 5.74) is 0.760. The molecule has 0 saturated heterocycles. The van der Waals surface area contributed by atoms with Crippen molar-refractivity contribution in [2.24, 2.45) is 0 Å². The Kier molecular flexibility index (Phi) is 5.07. The first-order valence-electron chi connectivity index (χ1n) is 5.66. The van der Waals surface area contributed by atoms with Crippen LogP contribution in [0.3, 0.4) is 0 Å². The third-order valence-corrected chi connectivity index (χ3v) is 2.52. The third-order valence-electron chi connectivity index (χ3n) is 2.52. The van der Waals surface area contributed by atoms with Crippen LogP contribution in [0.5, 0.6) is 0 Å². The van der Waals surface area contributed by atoms with Crippen molar-refractivity contribution >= 4 is 17.7 Å². The largest absolute Gasteiger partial charge is 0.481 e. The first kappa shape index (κ1) is 15.0. The van der Waals surface area contributed by atoms with Gasteiger partial charge in [-0.1, -0.05) is 0 Å². The molecular weight excluding hydrogens is 260 g/mol. The van der Waals surface area contributed by atoms with Crippen LogP contribution in [0.1, 0.15) is 17.5 Å². The lowest BCUT2D eigenvalue weighted by Gasteiger charge is -2.17. The van der Waals surface area contributed by atoms with E-state index in [0.717, 1.165) is 0 Å². The fraction of sp³-hybridized carbons (Fsp3) is 0.231. The van der Waals surface area contributed by atoms with E-state index in [4.69, 9.17) is 15.6 Å². The van der Waals surface area contributed by atoms with E-state index in [9.17, 15) is 9.59 Å². The average molecular weight is 272 g/mol. The number of benzene rings is 1. The maximum Gasteiger partial charge on any atom is 0.321 e. The lowest BCUT2D eigenvalue weighted by Crippen LogP contribution is -2.33. The zero-order valence-corrected chi connectivity index (χ0v) is 10.8. The van der Waals surface area contributed by atoms with Crippen LogP contribution in [-0.4, -0.2) is 35.6 Å². The predicted octanol–water partition coefficient (Wildman–Crippen LogP) is 1.37. The number of nitrogens with one attached hydrogen (secondary N) is 1. The van der Waals surface area contributed by atoms with E-state index in [-0.39, 0.29) is 24.1 Å². The molecule has 1 aromatic rings. The van der Waals surface area contributed by atoms with Crippen LogP contribution in [0.4, 0.5) is 10.5 Å². The Morgan fingerprint density at radius 1 is 1.30 bits per heavy atom. The molecule has 7 nitrogen and oxygen atoms in total. The number of carboxylic acid groups (broad SMARTS) is 1. The number of anilines is 1. The molecule has 0 saturated carbocycles. The number of carboxylic acids is 1. The lowest BCUT2D eigenvalue weighted by molar-refractivity contribution is -0.137. The predicted molar refractivity (Wildman–Crippen MR) is 69.8 cm³/mol. The number of aliphatic carboxylic acids is 1. The fourth-order valence-electron chi connectivity index (χ4n) is 1.40. The van der Waals surface area contributed by atoms with E-state index in [0.29, 0.717) is 5.69 Å². The topological polar surface area (TPSA) is 117 Å². The average Bonchev–Trinajstić information content (AvgIpc) is 2.44. The van der Waals surface area contributed by atoms with Gasteiger partial charge in [0, 0.05) is 19.3 Å². The van der Waals surface area contributed by atoms with Gasteiger partial charge in [0.05, 0.1) is 17.5 Å². The van der Waals surface area contributed by atoms with Gasteiger partial charge < -0.3 is 15.3 Å². The number of urea groups is 1. The molecule has 0 heterocycles. The fourth-order valence-corrected chi connectivity index (χ4v) is 1.40. The molecule has 2 amide bonds. The standard InChI is InChI=1S/C13H12N4O3/c1-17(5-4-12(18)19)13(20)16-11-3-2-9(7-14)10(6-11)8-15/h2-3,6H,4-5H2,1H3,(H,16,20)(H,18,19). The van der Waals surface area contributed by atoms with Gasteiger partial charge in [0.15, 0.2) is 0 Å². The smallest absolute Gasteiger partial charge is 0.321 e. The molecule has 0 bridgehead atoms. The highest BCUT2D eigenvalue weighted by molar-refractivity contribution is 5.89. The van der Waals surface area contributed by atoms with Crippen molar-refractivity contribution in [3.63, 3.8) is 0 Å². The van der Waals surface area contributed by atoms with Crippen LogP contribution >= 0.6 is 0 Å². The Balaban J connectivity index is 2.74. The quantitative estimate of drug-likeness (QED) is 0.858. The maximum absolute atomic E-state index is 11.8. The minimum atomic E-state index is -0.991. The lowest BCUT2D eigenvalue weighted by atomic mass is 10.1. The molecule has 2 N–H and O–H groups in total. The highest BCUT2D eigenvalue weighted by Crippen LogP contribution is 2.15. The summed E-state index contributed by atoms with van der Waals surface area (Å²) in [7, 11) is 1.47. The number of carbonyl (C=O) groups is 2. The molecule has 0 aliphatic heterocycles. The SMILES string of the molecule is CN(CCC(=O)O)C(=O)Nc1ccc(C#N)c(C#N)c1. The van der Waals surface area contributed by atoms with Crippen molar-refractivity contribution in [3.8, 4) is 12.1 Å². The molecule has 20 heavy (non-hydrogen) atoms. The van der Waals surface area contributed by atoms with Gasteiger partial charge in [-0.05, 0) is 18.2 Å². The summed E-state index contributed by atoms with van der Waals surface area (Å²) in [6.45, 7) is 0.0720. The molecule has 0 aliphatic carbocycles. The Hall–Kier alpha value is -3.06. The molecule has 0 atom stereocenters. The molecule has 0 spiro atoms. The van der Waals surface area contributed by atoms with Crippen LogP contribution in [0.15, 0.2) is 18.2 Å². The minimum absolute atomic E-state index is 0.0720. The van der Waals surface area contributed by atoms with Gasteiger partial charge in [-0.15, -0.1) is 0 Å². The van der Waals surface area contributed by atoms with Crippen molar-refractivity contribution in [2.45, 2.75) is 6.42 Å². The summed E-state index contributed by atoms with van der Waals surface area (Å²) in [5, 5.41) is 28.7. The van der Waals surface area contributed by atoms with Crippen LogP contribution in [0.25, 0.3) is 0 Å². The molecule has 102 valence electrons. The molecule has 7 heteroatoms. The monoisotopic (exact) mass is 272 g/mol. The number of hydrogen-bond donors (Lipinski definition) is 2. The second-order valence-corrected chi connectivity index (χ2v) is 3.98. The molecule has 0 aromatic heterocycles. The third kappa shape index (κ3) is 4.00. The molecule has 1 rings (SSSR count). The van der Waals surface area contributed by atoms with E-state index in [1.165, 1.54) is 30.1 Å². The number of nitrogens with zero attached hydrogens (tertiary/aromatic N) is 3. The number of nitriles is 2. The highest BCUT2D eigenvalue weighted by Gasteiger charge is 2.11. The van der Waals surface area contributed by atoms with Gasteiger partial charge in [-0.2, -0.15) is 10.5 Å². The van der Waals surface area contributed by atoms with Crippen molar-refractivity contribution in [2.75, 3.05) is 18.9 Å². The van der Waals surface area contributed by atoms with Crippen LogP contribution in [-0.2, 0) is 4.79 Å².